The molecule has 1 aliphatic heterocycles. The van der Waals surface area contributed by atoms with Gasteiger partial charge in [0.15, 0.2) is 0 Å². The van der Waals surface area contributed by atoms with Crippen LogP contribution in [0.15, 0.2) is 35.2 Å². The van der Waals surface area contributed by atoms with Crippen LogP contribution in [0, 0.1) is 0 Å². The van der Waals surface area contributed by atoms with Crippen molar-refractivity contribution in [1.29, 1.82) is 0 Å². The Morgan fingerprint density at radius 2 is 2.31 bits per heavy atom. The Labute approximate surface area is 93.2 Å². The van der Waals surface area contributed by atoms with Crippen LogP contribution >= 0.6 is 0 Å². The molecule has 4 nitrogen and oxygen atoms in total. The van der Waals surface area contributed by atoms with Crippen LogP contribution in [0.2, 0.25) is 0 Å². The van der Waals surface area contributed by atoms with Crippen molar-refractivity contribution in [3.63, 3.8) is 0 Å². The predicted octanol–water partition coefficient (Wildman–Crippen LogP) is 1.82. The van der Waals surface area contributed by atoms with Crippen LogP contribution in [0.1, 0.15) is 5.56 Å². The molecule has 0 saturated carbocycles. The Morgan fingerprint density at radius 1 is 1.31 bits per heavy atom. The summed E-state index contributed by atoms with van der Waals surface area (Å²) in [6.45, 7) is 2.40. The third-order valence-corrected chi connectivity index (χ3v) is 2.68. The largest absolute Gasteiger partial charge is 0.491 e. The molecule has 1 aromatic carbocycles. The van der Waals surface area contributed by atoms with Crippen LogP contribution in [0.4, 0.5) is 0 Å². The highest BCUT2D eigenvalue weighted by Crippen LogP contribution is 2.33. The summed E-state index contributed by atoms with van der Waals surface area (Å²) in [6.07, 6.45) is 3.34. The average molecular weight is 216 g/mol. The number of nitrogens with zero attached hydrogens (tertiary/aromatic N) is 1. The summed E-state index contributed by atoms with van der Waals surface area (Å²) < 4.78 is 10.6. The fourth-order valence-corrected chi connectivity index (χ4v) is 1.91. The first-order valence-corrected chi connectivity index (χ1v) is 5.30. The van der Waals surface area contributed by atoms with Crippen LogP contribution in [0.25, 0.3) is 11.1 Å². The fourth-order valence-electron chi connectivity index (χ4n) is 1.91. The van der Waals surface area contributed by atoms with E-state index in [1.54, 1.807) is 12.5 Å². The van der Waals surface area contributed by atoms with Crippen LogP contribution in [0.5, 0.6) is 5.75 Å². The third kappa shape index (κ3) is 1.57. The number of aromatic nitrogens is 1. The van der Waals surface area contributed by atoms with Crippen LogP contribution in [-0.2, 0) is 6.54 Å². The van der Waals surface area contributed by atoms with Crippen molar-refractivity contribution in [2.45, 2.75) is 6.54 Å². The molecule has 1 N–H and O–H groups in total. The summed E-state index contributed by atoms with van der Waals surface area (Å²) in [5.41, 5.74) is 3.18. The second kappa shape index (κ2) is 3.98. The van der Waals surface area contributed by atoms with Gasteiger partial charge < -0.3 is 14.6 Å². The average Bonchev–Trinajstić information content (AvgIpc) is 2.73. The van der Waals surface area contributed by atoms with E-state index in [2.05, 4.69) is 16.5 Å². The van der Waals surface area contributed by atoms with Crippen LogP contribution in [-0.4, -0.2) is 18.3 Å². The fraction of sp³-hybridized carbons (Fsp3) is 0.250. The zero-order chi connectivity index (χ0) is 10.8. The highest BCUT2D eigenvalue weighted by Gasteiger charge is 2.14. The molecule has 1 aromatic heterocycles. The van der Waals surface area contributed by atoms with Gasteiger partial charge in [-0.25, -0.2) is 0 Å². The molecule has 0 fully saturated rings. The lowest BCUT2D eigenvalue weighted by atomic mass is 10.0. The van der Waals surface area contributed by atoms with E-state index in [-0.39, 0.29) is 0 Å². The normalized spacial score (nSPS) is 15.0. The molecule has 0 radical (unpaired) electrons. The zero-order valence-corrected chi connectivity index (χ0v) is 8.77. The Bertz CT molecular complexity index is 480. The monoisotopic (exact) mass is 216 g/mol. The first-order valence-electron chi connectivity index (χ1n) is 5.30. The van der Waals surface area contributed by atoms with Crippen LogP contribution < -0.4 is 10.1 Å². The highest BCUT2D eigenvalue weighted by atomic mass is 16.5. The van der Waals surface area contributed by atoms with Crippen LogP contribution in [0.3, 0.4) is 0 Å². The Morgan fingerprint density at radius 3 is 3.19 bits per heavy atom. The van der Waals surface area contributed by atoms with E-state index in [0.29, 0.717) is 6.61 Å². The minimum Gasteiger partial charge on any atom is -0.491 e. The minimum absolute atomic E-state index is 0.690. The maximum atomic E-state index is 5.77. The molecule has 3 rings (SSSR count). The van der Waals surface area contributed by atoms with Gasteiger partial charge in [-0.3, -0.25) is 0 Å². The zero-order valence-electron chi connectivity index (χ0n) is 8.77. The van der Waals surface area contributed by atoms with Gasteiger partial charge in [-0.1, -0.05) is 23.4 Å². The van der Waals surface area contributed by atoms with Gasteiger partial charge in [0, 0.05) is 29.8 Å². The number of ether oxygens (including phenoxy) is 1. The Balaban J connectivity index is 2.12. The number of para-hydroxylation sites is 1. The molecule has 0 unspecified atom stereocenters. The lowest BCUT2D eigenvalue weighted by Gasteiger charge is -2.10. The van der Waals surface area contributed by atoms with Crippen molar-refractivity contribution in [3.8, 4) is 16.9 Å². The Kier molecular flexibility index (Phi) is 2.34. The van der Waals surface area contributed by atoms with Gasteiger partial charge in [0.05, 0.1) is 6.20 Å². The standard InChI is InChI=1S/C12H12N2O2/c1-2-9-6-13-4-5-15-12(9)11(3-1)10-7-14-16-8-10/h1-3,7-8,13H,4-6H2. The molecule has 0 amide bonds. The number of rotatable bonds is 1. The molecular weight excluding hydrogens is 204 g/mol. The SMILES string of the molecule is c1cc2c(c(-c3cnoc3)c1)OCCNC2. The number of fused-ring (bicyclic) bond motifs is 1. The third-order valence-electron chi connectivity index (χ3n) is 2.68. The molecule has 16 heavy (non-hydrogen) atoms. The summed E-state index contributed by atoms with van der Waals surface area (Å²) in [5, 5.41) is 7.04. The van der Waals surface area contributed by atoms with E-state index < -0.39 is 0 Å². The predicted molar refractivity (Wildman–Crippen MR) is 59.1 cm³/mol. The van der Waals surface area contributed by atoms with Crippen molar-refractivity contribution in [2.24, 2.45) is 0 Å². The molecule has 4 heteroatoms. The molecule has 0 spiro atoms. The van der Waals surface area contributed by atoms with E-state index in [4.69, 9.17) is 9.26 Å². The quantitative estimate of drug-likeness (QED) is 0.790. The van der Waals surface area contributed by atoms with Gasteiger partial charge in [-0.15, -0.1) is 0 Å². The molecule has 1 aliphatic rings. The molecule has 0 bridgehead atoms. The van der Waals surface area contributed by atoms with Gasteiger partial charge in [0.25, 0.3) is 0 Å². The van der Waals surface area contributed by atoms with Gasteiger partial charge in [-0.05, 0) is 0 Å². The van der Waals surface area contributed by atoms with Gasteiger partial charge >= 0.3 is 0 Å². The summed E-state index contributed by atoms with van der Waals surface area (Å²) in [4.78, 5) is 0. The summed E-state index contributed by atoms with van der Waals surface area (Å²) in [5.74, 6) is 0.940. The minimum atomic E-state index is 0.690. The van der Waals surface area contributed by atoms with Crippen molar-refractivity contribution in [2.75, 3.05) is 13.2 Å². The molecule has 82 valence electrons. The number of benzene rings is 1. The lowest BCUT2D eigenvalue weighted by Crippen LogP contribution is -2.16. The van der Waals surface area contributed by atoms with E-state index >= 15 is 0 Å². The highest BCUT2D eigenvalue weighted by molar-refractivity contribution is 5.70. The lowest BCUT2D eigenvalue weighted by molar-refractivity contribution is 0.327. The molecule has 0 atom stereocenters. The second-order valence-electron chi connectivity index (χ2n) is 3.73. The maximum absolute atomic E-state index is 5.77. The van der Waals surface area contributed by atoms with E-state index in [1.165, 1.54) is 5.56 Å². The summed E-state index contributed by atoms with van der Waals surface area (Å²) >= 11 is 0. The summed E-state index contributed by atoms with van der Waals surface area (Å²) in [7, 11) is 0. The topological polar surface area (TPSA) is 47.3 Å². The number of nitrogens with one attached hydrogen (secondary N) is 1. The van der Waals surface area contributed by atoms with E-state index in [1.807, 2.05) is 12.1 Å². The van der Waals surface area contributed by atoms with Crippen molar-refractivity contribution >= 4 is 0 Å². The molecular formula is C12H12N2O2. The number of hydrogen-bond donors (Lipinski definition) is 1. The molecule has 2 aromatic rings. The summed E-state index contributed by atoms with van der Waals surface area (Å²) in [6, 6.07) is 6.12. The maximum Gasteiger partial charge on any atom is 0.131 e. The number of hydrogen-bond acceptors (Lipinski definition) is 4. The van der Waals surface area contributed by atoms with Gasteiger partial charge in [0.1, 0.15) is 18.6 Å². The van der Waals surface area contributed by atoms with Gasteiger partial charge in [0.2, 0.25) is 0 Å². The van der Waals surface area contributed by atoms with Gasteiger partial charge in [-0.2, -0.15) is 0 Å². The van der Waals surface area contributed by atoms with E-state index in [0.717, 1.165) is 30.0 Å². The smallest absolute Gasteiger partial charge is 0.131 e. The first-order chi connectivity index (χ1) is 7.95. The Hall–Kier alpha value is -1.81. The second-order valence-corrected chi connectivity index (χ2v) is 3.73. The molecule has 2 heterocycles. The van der Waals surface area contributed by atoms with Crippen molar-refractivity contribution < 1.29 is 9.26 Å². The molecule has 0 saturated heterocycles. The van der Waals surface area contributed by atoms with Crippen molar-refractivity contribution in [3.05, 3.63) is 36.2 Å². The van der Waals surface area contributed by atoms with E-state index in [9.17, 15) is 0 Å². The van der Waals surface area contributed by atoms with Crippen molar-refractivity contribution in [1.82, 2.24) is 10.5 Å². The first kappa shape index (κ1) is 9.42. The molecule has 0 aliphatic carbocycles.